The van der Waals surface area contributed by atoms with E-state index in [9.17, 15) is 9.59 Å². The highest BCUT2D eigenvalue weighted by Gasteiger charge is 2.27. The Morgan fingerprint density at radius 1 is 1.00 bits per heavy atom. The molecule has 0 aliphatic carbocycles. The molecule has 7 heteroatoms. The summed E-state index contributed by atoms with van der Waals surface area (Å²) in [6.07, 6.45) is 1.91. The third-order valence-electron chi connectivity index (χ3n) is 5.33. The van der Waals surface area contributed by atoms with Crippen molar-refractivity contribution < 1.29 is 19.5 Å². The molecule has 1 aromatic heterocycles. The van der Waals surface area contributed by atoms with E-state index in [-0.39, 0.29) is 18.4 Å². The summed E-state index contributed by atoms with van der Waals surface area (Å²) < 4.78 is 0. The topological polar surface area (TPSA) is 71.2 Å². The van der Waals surface area contributed by atoms with Crippen molar-refractivity contribution in [1.82, 2.24) is 4.90 Å². The zero-order valence-corrected chi connectivity index (χ0v) is 17.5. The van der Waals surface area contributed by atoms with Crippen molar-refractivity contribution >= 4 is 23.3 Å². The first-order valence-electron chi connectivity index (χ1n) is 10.1. The molecule has 2 heterocycles. The minimum absolute atomic E-state index is 0.0721. The van der Waals surface area contributed by atoms with Gasteiger partial charge in [-0.3, -0.25) is 14.5 Å². The van der Waals surface area contributed by atoms with Gasteiger partial charge in [0, 0.05) is 11.8 Å². The third-order valence-corrected chi connectivity index (χ3v) is 5.33. The quantitative estimate of drug-likeness (QED) is 0.716. The van der Waals surface area contributed by atoms with Crippen molar-refractivity contribution in [1.29, 1.82) is 0 Å². The first-order valence-corrected chi connectivity index (χ1v) is 10.1. The highest BCUT2D eigenvalue weighted by Crippen LogP contribution is 2.18. The summed E-state index contributed by atoms with van der Waals surface area (Å²) in [7, 11) is 1.89. The number of quaternary nitrogens is 1. The number of hydrogen-bond donors (Lipinski definition) is 2. The third kappa shape index (κ3) is 5.54. The minimum Gasteiger partial charge on any atom is -0.330 e. The van der Waals surface area contributed by atoms with Crippen molar-refractivity contribution in [3.63, 3.8) is 0 Å². The molecule has 1 aliphatic rings. The van der Waals surface area contributed by atoms with Crippen LogP contribution in [0.3, 0.4) is 0 Å². The zero-order chi connectivity index (χ0) is 20.8. The molecule has 2 aromatic rings. The lowest BCUT2D eigenvalue weighted by molar-refractivity contribution is -0.862. The lowest BCUT2D eigenvalue weighted by Gasteiger charge is -2.31. The number of para-hydroxylation sites is 1. The highest BCUT2D eigenvalue weighted by molar-refractivity contribution is 5.93. The fraction of sp³-hybridized carbons (Fsp3) is 0.409. The molecule has 0 spiro atoms. The van der Waals surface area contributed by atoms with E-state index in [2.05, 4.69) is 15.2 Å². The maximum absolute atomic E-state index is 12.6. The number of anilines is 2. The smallest absolute Gasteiger partial charge is 0.279 e. The molecule has 0 radical (unpaired) electrons. The van der Waals surface area contributed by atoms with Crippen molar-refractivity contribution in [3.8, 4) is 0 Å². The van der Waals surface area contributed by atoms with Crippen LogP contribution in [0.4, 0.5) is 11.5 Å². The number of benzene rings is 1. The summed E-state index contributed by atoms with van der Waals surface area (Å²) in [6.45, 7) is 7.55. The van der Waals surface area contributed by atoms with Crippen LogP contribution in [-0.4, -0.2) is 63.0 Å². The van der Waals surface area contributed by atoms with Gasteiger partial charge in [0.2, 0.25) is 0 Å². The van der Waals surface area contributed by atoms with Crippen LogP contribution in [0.15, 0.2) is 42.6 Å². The number of nitrogens with zero attached hydrogens (tertiary/aromatic N) is 2. The Labute approximate surface area is 172 Å². The van der Waals surface area contributed by atoms with Gasteiger partial charge in [0.15, 0.2) is 13.1 Å². The van der Waals surface area contributed by atoms with Crippen molar-refractivity contribution in [2.75, 3.05) is 56.5 Å². The molecule has 1 atom stereocenters. The summed E-state index contributed by atoms with van der Waals surface area (Å²) in [5.74, 6) is 1.10. The monoisotopic (exact) mass is 397 g/mol. The molecule has 1 fully saturated rings. The van der Waals surface area contributed by atoms with E-state index in [1.165, 1.54) is 0 Å². The Balaban J connectivity index is 1.45. The van der Waals surface area contributed by atoms with Gasteiger partial charge in [0.05, 0.1) is 26.3 Å². The number of pyridine rings is 1. The second-order valence-electron chi connectivity index (χ2n) is 7.74. The Kier molecular flexibility index (Phi) is 6.82. The van der Waals surface area contributed by atoms with E-state index < -0.39 is 0 Å². The van der Waals surface area contributed by atoms with Crippen molar-refractivity contribution in [2.45, 2.75) is 13.8 Å². The number of hydrogen-bond acceptors (Lipinski definition) is 3. The predicted octanol–water partition coefficient (Wildman–Crippen LogP) is -0.0805. The summed E-state index contributed by atoms with van der Waals surface area (Å²) in [5, 5.41) is 2.99. The zero-order valence-electron chi connectivity index (χ0n) is 17.5. The molecule has 1 aromatic carbocycles. The van der Waals surface area contributed by atoms with Gasteiger partial charge in [-0.1, -0.05) is 24.3 Å². The lowest BCUT2D eigenvalue weighted by Crippen LogP contribution is -3.11. The largest absolute Gasteiger partial charge is 0.330 e. The second-order valence-corrected chi connectivity index (χ2v) is 7.74. The number of amides is 2. The fourth-order valence-electron chi connectivity index (χ4n) is 3.68. The van der Waals surface area contributed by atoms with Crippen LogP contribution in [0.25, 0.3) is 0 Å². The SMILES string of the molecule is Cc1cccc(C)c1NC(=O)C[NH+](C)CC(=O)N1CCN(c2cccc[nH+]2)CC1. The fourth-order valence-corrected chi connectivity index (χ4v) is 3.68. The molecule has 1 saturated heterocycles. The number of nitrogens with one attached hydrogen (secondary N) is 3. The molecule has 29 heavy (non-hydrogen) atoms. The molecular formula is C22H31N5O2+2. The number of aromatic nitrogens is 1. The van der Waals surface area contributed by atoms with Gasteiger partial charge in [0.25, 0.3) is 17.6 Å². The van der Waals surface area contributed by atoms with Crippen LogP contribution in [0.1, 0.15) is 11.1 Å². The van der Waals surface area contributed by atoms with Gasteiger partial charge < -0.3 is 15.1 Å². The molecular weight excluding hydrogens is 366 g/mol. The number of aryl methyl sites for hydroxylation is 2. The van der Waals surface area contributed by atoms with Crippen LogP contribution in [0, 0.1) is 13.8 Å². The van der Waals surface area contributed by atoms with Gasteiger partial charge in [-0.25, -0.2) is 4.98 Å². The van der Waals surface area contributed by atoms with E-state index in [0.717, 1.165) is 40.6 Å². The normalized spacial score (nSPS) is 15.1. The first kappa shape index (κ1) is 20.8. The predicted molar refractivity (Wildman–Crippen MR) is 113 cm³/mol. The summed E-state index contributed by atoms with van der Waals surface area (Å²) >= 11 is 0. The molecule has 1 unspecified atom stereocenters. The van der Waals surface area contributed by atoms with Crippen molar-refractivity contribution in [3.05, 3.63) is 53.7 Å². The number of rotatable bonds is 6. The Morgan fingerprint density at radius 3 is 2.31 bits per heavy atom. The molecule has 0 saturated carbocycles. The molecule has 154 valence electrons. The first-order chi connectivity index (χ1) is 13.9. The Morgan fingerprint density at radius 2 is 1.69 bits per heavy atom. The summed E-state index contributed by atoms with van der Waals surface area (Å²) in [5.41, 5.74) is 2.95. The van der Waals surface area contributed by atoms with E-state index in [4.69, 9.17) is 0 Å². The molecule has 7 nitrogen and oxygen atoms in total. The van der Waals surface area contributed by atoms with Crippen LogP contribution in [0.2, 0.25) is 0 Å². The lowest BCUT2D eigenvalue weighted by atomic mass is 10.1. The number of piperazine rings is 1. The minimum atomic E-state index is -0.0721. The van der Waals surface area contributed by atoms with Gasteiger partial charge in [-0.15, -0.1) is 0 Å². The van der Waals surface area contributed by atoms with Crippen LogP contribution < -0.4 is 20.1 Å². The maximum atomic E-state index is 12.6. The Bertz CT molecular complexity index is 827. The average molecular weight is 398 g/mol. The molecule has 3 N–H and O–H groups in total. The number of carbonyl (C=O) groups excluding carboxylic acids is 2. The van der Waals surface area contributed by atoms with E-state index in [1.807, 2.05) is 68.4 Å². The van der Waals surface area contributed by atoms with Crippen LogP contribution in [-0.2, 0) is 9.59 Å². The summed E-state index contributed by atoms with van der Waals surface area (Å²) in [6, 6.07) is 11.9. The average Bonchev–Trinajstić information content (AvgIpc) is 2.71. The van der Waals surface area contributed by atoms with Crippen LogP contribution in [0.5, 0.6) is 0 Å². The summed E-state index contributed by atoms with van der Waals surface area (Å²) in [4.78, 5) is 33.3. The van der Waals surface area contributed by atoms with Crippen molar-refractivity contribution in [2.24, 2.45) is 0 Å². The molecule has 1 aliphatic heterocycles. The van der Waals surface area contributed by atoms with Gasteiger partial charge in [0.1, 0.15) is 13.1 Å². The molecule has 0 bridgehead atoms. The molecule has 2 amide bonds. The number of aromatic amines is 1. The number of carbonyl (C=O) groups is 2. The van der Waals surface area contributed by atoms with E-state index in [0.29, 0.717) is 19.6 Å². The number of H-pyrrole nitrogens is 1. The van der Waals surface area contributed by atoms with Gasteiger partial charge in [-0.05, 0) is 31.0 Å². The van der Waals surface area contributed by atoms with E-state index >= 15 is 0 Å². The molecule has 3 rings (SSSR count). The second kappa shape index (κ2) is 9.52. The number of likely N-dealkylation sites (N-methyl/N-ethyl adjacent to an activating group) is 1. The maximum Gasteiger partial charge on any atom is 0.279 e. The highest BCUT2D eigenvalue weighted by atomic mass is 16.2. The van der Waals surface area contributed by atoms with Crippen LogP contribution >= 0.6 is 0 Å². The van der Waals surface area contributed by atoms with E-state index in [1.54, 1.807) is 0 Å². The Hall–Kier alpha value is -2.93. The van der Waals surface area contributed by atoms with Gasteiger partial charge in [-0.2, -0.15) is 0 Å². The standard InChI is InChI=1S/C22H29N5O2/c1-17-7-6-8-18(2)22(17)24-20(28)15-25(3)16-21(29)27-13-11-26(12-14-27)19-9-4-5-10-23-19/h4-10H,11-16H2,1-3H3,(H,24,28)/p+2. The van der Waals surface area contributed by atoms with Gasteiger partial charge >= 0.3 is 0 Å².